The van der Waals surface area contributed by atoms with Crippen LogP contribution in [0.15, 0.2) is 12.7 Å². The topological polar surface area (TPSA) is 58.9 Å². The predicted molar refractivity (Wildman–Crippen MR) is 67.2 cm³/mol. The highest BCUT2D eigenvalue weighted by Crippen LogP contribution is 2.31. The summed E-state index contributed by atoms with van der Waals surface area (Å²) in [4.78, 5) is 6.79. The summed E-state index contributed by atoms with van der Waals surface area (Å²) >= 11 is 0. The third kappa shape index (κ3) is 17.8. The van der Waals surface area contributed by atoms with Gasteiger partial charge < -0.3 is 19.5 Å². The Kier molecular flexibility index (Phi) is 12.6. The van der Waals surface area contributed by atoms with Crippen LogP contribution in [0, 0.1) is 12.3 Å². The Hall–Kier alpha value is -0.570. The van der Waals surface area contributed by atoms with E-state index in [-0.39, 0.29) is 19.8 Å². The van der Waals surface area contributed by atoms with E-state index in [1.807, 2.05) is 13.8 Å². The molecule has 4 nitrogen and oxygen atoms in total. The molecule has 0 amide bonds. The van der Waals surface area contributed by atoms with Crippen LogP contribution in [0.2, 0.25) is 0 Å². The molecule has 0 spiro atoms. The average Bonchev–Trinajstić information content (AvgIpc) is 2.26. The quantitative estimate of drug-likeness (QED) is 0.325. The van der Waals surface area contributed by atoms with Crippen molar-refractivity contribution in [2.24, 2.45) is 0 Å². The van der Waals surface area contributed by atoms with Crippen molar-refractivity contribution in [2.75, 3.05) is 19.8 Å². The number of aliphatic hydroxyl groups excluding tert-OH is 1. The summed E-state index contributed by atoms with van der Waals surface area (Å²) in [6, 6.07) is 0. The first-order valence-corrected chi connectivity index (χ1v) is 6.10. The van der Waals surface area contributed by atoms with Gasteiger partial charge in [0.2, 0.25) is 0 Å². The lowest BCUT2D eigenvalue weighted by Gasteiger charge is -2.22. The summed E-state index contributed by atoms with van der Waals surface area (Å²) in [7, 11) is -3.62. The Labute approximate surface area is 108 Å². The molecule has 106 valence electrons. The molecule has 0 fully saturated rings. The summed E-state index contributed by atoms with van der Waals surface area (Å²) in [6.45, 7) is 7.98. The van der Waals surface area contributed by atoms with E-state index in [1.165, 1.54) is 0 Å². The lowest BCUT2D eigenvalue weighted by Crippen LogP contribution is -2.29. The number of ether oxygens (including phenoxy) is 2. The summed E-state index contributed by atoms with van der Waals surface area (Å²) in [5, 5.41) is 9.38. The van der Waals surface area contributed by atoms with Crippen molar-refractivity contribution >= 4 is 8.77 Å². The molecule has 0 aromatic rings. The Balaban J connectivity index is 0. The van der Waals surface area contributed by atoms with E-state index in [2.05, 4.69) is 12.5 Å². The van der Waals surface area contributed by atoms with Crippen molar-refractivity contribution in [1.29, 1.82) is 0 Å². The van der Waals surface area contributed by atoms with Crippen LogP contribution in [-0.4, -0.2) is 41.5 Å². The largest absolute Gasteiger partial charge is 0.412 e. The molecule has 18 heavy (non-hydrogen) atoms. The maximum absolute atomic E-state index is 9.95. The van der Waals surface area contributed by atoms with E-state index in [0.29, 0.717) is 0 Å². The minimum atomic E-state index is -3.62. The molecule has 0 rings (SSSR count). The molecule has 0 aliphatic carbocycles. The molecule has 0 aliphatic heterocycles. The maximum atomic E-state index is 9.95. The van der Waals surface area contributed by atoms with E-state index in [4.69, 9.17) is 20.8 Å². The summed E-state index contributed by atoms with van der Waals surface area (Å²) in [6.07, 6.45) is 6.01. The number of aliphatic hydroxyl groups is 1. The molecule has 0 saturated heterocycles. The van der Waals surface area contributed by atoms with Crippen molar-refractivity contribution in [1.82, 2.24) is 0 Å². The van der Waals surface area contributed by atoms with Crippen LogP contribution < -0.4 is 0 Å². The van der Waals surface area contributed by atoms with E-state index < -0.39 is 20.5 Å². The van der Waals surface area contributed by atoms with E-state index >= 15 is 0 Å². The molecular formula is C11H19F2O4P. The zero-order valence-corrected chi connectivity index (χ0v) is 11.4. The Morgan fingerprint density at radius 3 is 2.39 bits per heavy atom. The Morgan fingerprint density at radius 2 is 2.00 bits per heavy atom. The van der Waals surface area contributed by atoms with Gasteiger partial charge in [0.25, 0.3) is 0 Å². The van der Waals surface area contributed by atoms with Crippen LogP contribution in [0.25, 0.3) is 0 Å². The SMILES string of the molecule is C#CCOCC(O)COC(C)(C)C=C.OP(F)F. The van der Waals surface area contributed by atoms with E-state index in [9.17, 15) is 13.5 Å². The smallest absolute Gasteiger partial charge is 0.388 e. The molecule has 2 N–H and O–H groups in total. The van der Waals surface area contributed by atoms with Crippen molar-refractivity contribution in [3.8, 4) is 12.3 Å². The standard InChI is InChI=1S/C11H18O3.F2HOP/c1-5-7-13-8-10(12)9-14-11(3,4)6-2;1-4(2)3/h1,6,10,12H,2,7-9H2,3-4H3;3H. The van der Waals surface area contributed by atoms with Gasteiger partial charge in [0.1, 0.15) is 12.7 Å². The molecule has 0 aliphatic rings. The fraction of sp³-hybridized carbons (Fsp3) is 0.636. The second kappa shape index (κ2) is 11.5. The van der Waals surface area contributed by atoms with Crippen LogP contribution in [0.1, 0.15) is 13.8 Å². The van der Waals surface area contributed by atoms with Crippen LogP contribution >= 0.6 is 8.77 Å². The monoisotopic (exact) mass is 284 g/mol. The normalized spacial score (nSPS) is 12.3. The molecule has 1 unspecified atom stereocenters. The summed E-state index contributed by atoms with van der Waals surface area (Å²) in [5.74, 6) is 2.32. The number of terminal acetylenes is 1. The summed E-state index contributed by atoms with van der Waals surface area (Å²) in [5.41, 5.74) is -0.424. The fourth-order valence-electron chi connectivity index (χ4n) is 0.672. The number of hydrogen-bond acceptors (Lipinski definition) is 4. The van der Waals surface area contributed by atoms with Gasteiger partial charge in [-0.2, -0.15) is 8.39 Å². The minimum absolute atomic E-state index is 0.192. The van der Waals surface area contributed by atoms with Crippen molar-refractivity contribution < 1.29 is 27.9 Å². The third-order valence-corrected chi connectivity index (χ3v) is 1.63. The number of rotatable bonds is 7. The van der Waals surface area contributed by atoms with Gasteiger partial charge in [-0.1, -0.05) is 12.0 Å². The zero-order valence-electron chi connectivity index (χ0n) is 10.5. The molecular weight excluding hydrogens is 265 g/mol. The van der Waals surface area contributed by atoms with Crippen molar-refractivity contribution in [3.05, 3.63) is 12.7 Å². The molecule has 0 radical (unpaired) electrons. The van der Waals surface area contributed by atoms with Crippen molar-refractivity contribution in [2.45, 2.75) is 25.6 Å². The first kappa shape index (κ1) is 19.8. The molecule has 0 heterocycles. The van der Waals surface area contributed by atoms with Gasteiger partial charge in [0.05, 0.1) is 18.8 Å². The molecule has 1 atom stereocenters. The third-order valence-electron chi connectivity index (χ3n) is 1.63. The van der Waals surface area contributed by atoms with Gasteiger partial charge in [-0.05, 0) is 13.8 Å². The van der Waals surface area contributed by atoms with Gasteiger partial charge in [-0.25, -0.2) is 0 Å². The van der Waals surface area contributed by atoms with Gasteiger partial charge in [0, 0.05) is 0 Å². The number of halogens is 2. The molecule has 0 saturated carbocycles. The van der Waals surface area contributed by atoms with Crippen LogP contribution in [-0.2, 0) is 9.47 Å². The molecule has 0 bridgehead atoms. The van der Waals surface area contributed by atoms with E-state index in [1.54, 1.807) is 6.08 Å². The fourth-order valence-corrected chi connectivity index (χ4v) is 0.672. The van der Waals surface area contributed by atoms with Gasteiger partial charge >= 0.3 is 8.77 Å². The molecule has 0 aromatic heterocycles. The highest BCUT2D eigenvalue weighted by atomic mass is 31.2. The van der Waals surface area contributed by atoms with Crippen molar-refractivity contribution in [3.63, 3.8) is 0 Å². The number of hydrogen-bond donors (Lipinski definition) is 2. The first-order chi connectivity index (χ1) is 8.25. The zero-order chi connectivity index (χ0) is 14.6. The molecule has 0 aromatic carbocycles. The Bertz CT molecular complexity index is 251. The summed E-state index contributed by atoms with van der Waals surface area (Å²) < 4.78 is 30.2. The van der Waals surface area contributed by atoms with Crippen LogP contribution in [0.4, 0.5) is 8.39 Å². The predicted octanol–water partition coefficient (Wildman–Crippen LogP) is 2.12. The average molecular weight is 284 g/mol. The lowest BCUT2D eigenvalue weighted by atomic mass is 10.1. The maximum Gasteiger partial charge on any atom is 0.412 e. The lowest BCUT2D eigenvalue weighted by molar-refractivity contribution is -0.0566. The van der Waals surface area contributed by atoms with Crippen LogP contribution in [0.3, 0.4) is 0 Å². The highest BCUT2D eigenvalue weighted by Gasteiger charge is 2.15. The second-order valence-corrected chi connectivity index (χ2v) is 4.14. The van der Waals surface area contributed by atoms with Crippen LogP contribution in [0.5, 0.6) is 0 Å². The molecule has 7 heteroatoms. The van der Waals surface area contributed by atoms with Gasteiger partial charge in [-0.15, -0.1) is 13.0 Å². The van der Waals surface area contributed by atoms with Gasteiger partial charge in [0.15, 0.2) is 0 Å². The minimum Gasteiger partial charge on any atom is -0.388 e. The van der Waals surface area contributed by atoms with Gasteiger partial charge in [-0.3, -0.25) is 0 Å². The first-order valence-electron chi connectivity index (χ1n) is 5.02. The van der Waals surface area contributed by atoms with E-state index in [0.717, 1.165) is 0 Å². The second-order valence-electron chi connectivity index (χ2n) is 3.71. The Morgan fingerprint density at radius 1 is 1.50 bits per heavy atom. The highest BCUT2D eigenvalue weighted by molar-refractivity contribution is 7.39.